The molecule has 1 heterocycles. The number of carbonyl (C=O) groups excluding carboxylic acids is 1. The van der Waals surface area contributed by atoms with E-state index in [0.29, 0.717) is 23.7 Å². The van der Waals surface area contributed by atoms with E-state index >= 15 is 0 Å². The molecule has 0 spiro atoms. The summed E-state index contributed by atoms with van der Waals surface area (Å²) in [7, 11) is 1.59. The van der Waals surface area contributed by atoms with Gasteiger partial charge in [-0.2, -0.15) is 0 Å². The van der Waals surface area contributed by atoms with Crippen molar-refractivity contribution >= 4 is 29.1 Å². The van der Waals surface area contributed by atoms with Crippen LogP contribution in [0, 0.1) is 0 Å². The van der Waals surface area contributed by atoms with E-state index in [9.17, 15) is 4.79 Å². The van der Waals surface area contributed by atoms with Crippen LogP contribution in [0.2, 0.25) is 5.02 Å². The predicted octanol–water partition coefficient (Wildman–Crippen LogP) is 4.05. The molecule has 138 valence electrons. The molecule has 0 radical (unpaired) electrons. The maximum Gasteiger partial charge on any atom is 0.258 e. The minimum Gasteiger partial charge on any atom is -0.497 e. The van der Waals surface area contributed by atoms with Crippen LogP contribution in [0.25, 0.3) is 0 Å². The summed E-state index contributed by atoms with van der Waals surface area (Å²) in [5.74, 6) is 0.934. The number of hydrogen-bond donors (Lipinski definition) is 2. The molecule has 6 nitrogen and oxygen atoms in total. The lowest BCUT2D eigenvalue weighted by atomic mass is 10.1. The first kappa shape index (κ1) is 18.7. The Hall–Kier alpha value is -3.12. The van der Waals surface area contributed by atoms with Crippen LogP contribution in [-0.4, -0.2) is 29.5 Å². The molecule has 7 heteroatoms. The van der Waals surface area contributed by atoms with Gasteiger partial charge < -0.3 is 15.4 Å². The molecule has 0 saturated carbocycles. The van der Waals surface area contributed by atoms with E-state index in [2.05, 4.69) is 20.6 Å². The average molecular weight is 383 g/mol. The number of nitrogens with zero attached hydrogens (tertiary/aromatic N) is 2. The molecule has 27 heavy (non-hydrogen) atoms. The van der Waals surface area contributed by atoms with Crippen LogP contribution in [0.1, 0.15) is 15.9 Å². The largest absolute Gasteiger partial charge is 0.497 e. The monoisotopic (exact) mass is 382 g/mol. The first-order valence-corrected chi connectivity index (χ1v) is 8.77. The fourth-order valence-corrected chi connectivity index (χ4v) is 2.51. The molecule has 0 atom stereocenters. The lowest BCUT2D eigenvalue weighted by Crippen LogP contribution is -2.14. The SMILES string of the molecule is COc1ccc(NC(=O)c2cnc(NCCc3ccc(Cl)cc3)nc2)cc1. The van der Waals surface area contributed by atoms with Crippen LogP contribution in [0.3, 0.4) is 0 Å². The number of rotatable bonds is 7. The Morgan fingerprint density at radius 1 is 1.04 bits per heavy atom. The van der Waals surface area contributed by atoms with Gasteiger partial charge in [0.2, 0.25) is 5.95 Å². The van der Waals surface area contributed by atoms with Crippen molar-refractivity contribution in [1.29, 1.82) is 0 Å². The van der Waals surface area contributed by atoms with E-state index in [1.165, 1.54) is 18.0 Å². The Bertz CT molecular complexity index is 881. The van der Waals surface area contributed by atoms with E-state index < -0.39 is 0 Å². The molecule has 0 bridgehead atoms. The van der Waals surface area contributed by atoms with Crippen molar-refractivity contribution in [3.63, 3.8) is 0 Å². The number of benzene rings is 2. The minimum absolute atomic E-state index is 0.270. The van der Waals surface area contributed by atoms with Gasteiger partial charge in [-0.3, -0.25) is 4.79 Å². The van der Waals surface area contributed by atoms with Gasteiger partial charge in [-0.1, -0.05) is 23.7 Å². The third kappa shape index (κ3) is 5.43. The zero-order valence-electron chi connectivity index (χ0n) is 14.8. The number of hydrogen-bond acceptors (Lipinski definition) is 5. The maximum atomic E-state index is 12.3. The van der Waals surface area contributed by atoms with Crippen molar-refractivity contribution in [2.24, 2.45) is 0 Å². The second-order valence-electron chi connectivity index (χ2n) is 5.78. The highest BCUT2D eigenvalue weighted by Gasteiger charge is 2.08. The number of nitrogens with one attached hydrogen (secondary N) is 2. The van der Waals surface area contributed by atoms with E-state index in [-0.39, 0.29) is 5.91 Å². The summed E-state index contributed by atoms with van der Waals surface area (Å²) in [6, 6.07) is 14.8. The Morgan fingerprint density at radius 3 is 2.33 bits per heavy atom. The molecule has 1 amide bonds. The molecule has 2 N–H and O–H groups in total. The summed E-state index contributed by atoms with van der Waals surface area (Å²) < 4.78 is 5.09. The van der Waals surface area contributed by atoms with Gasteiger partial charge in [0.15, 0.2) is 0 Å². The first-order valence-electron chi connectivity index (χ1n) is 8.40. The highest BCUT2D eigenvalue weighted by atomic mass is 35.5. The number of halogens is 1. The number of anilines is 2. The molecule has 0 aliphatic heterocycles. The Labute approximate surface area is 162 Å². The number of methoxy groups -OCH3 is 1. The van der Waals surface area contributed by atoms with Crippen molar-refractivity contribution in [2.75, 3.05) is 24.3 Å². The molecule has 0 unspecified atom stereocenters. The van der Waals surface area contributed by atoms with Gasteiger partial charge in [0.05, 0.1) is 12.7 Å². The summed E-state index contributed by atoms with van der Waals surface area (Å²) in [6.45, 7) is 0.680. The summed E-state index contributed by atoms with van der Waals surface area (Å²) in [6.07, 6.45) is 3.81. The third-order valence-electron chi connectivity index (χ3n) is 3.87. The summed E-state index contributed by atoms with van der Waals surface area (Å²) in [5.41, 5.74) is 2.22. The summed E-state index contributed by atoms with van der Waals surface area (Å²) in [5, 5.41) is 6.65. The van der Waals surface area contributed by atoms with E-state index in [1.807, 2.05) is 24.3 Å². The molecule has 0 saturated heterocycles. The van der Waals surface area contributed by atoms with Crippen molar-refractivity contribution in [2.45, 2.75) is 6.42 Å². The molecule has 3 rings (SSSR count). The van der Waals surface area contributed by atoms with Crippen molar-refractivity contribution < 1.29 is 9.53 Å². The predicted molar refractivity (Wildman–Crippen MR) is 107 cm³/mol. The molecular weight excluding hydrogens is 364 g/mol. The second kappa shape index (κ2) is 9.00. The Balaban J connectivity index is 1.51. The number of amides is 1. The number of carbonyl (C=O) groups is 1. The first-order chi connectivity index (χ1) is 13.1. The van der Waals surface area contributed by atoms with Gasteiger partial charge in [-0.25, -0.2) is 9.97 Å². The Kier molecular flexibility index (Phi) is 6.22. The van der Waals surface area contributed by atoms with Crippen molar-refractivity contribution in [3.8, 4) is 5.75 Å². The Morgan fingerprint density at radius 2 is 1.70 bits per heavy atom. The fourth-order valence-electron chi connectivity index (χ4n) is 2.38. The lowest BCUT2D eigenvalue weighted by Gasteiger charge is -2.07. The standard InChI is InChI=1S/C20H19ClN4O2/c1-27-18-8-6-17(7-9-18)25-19(26)15-12-23-20(24-13-15)22-11-10-14-2-4-16(21)5-3-14/h2-9,12-13H,10-11H2,1H3,(H,25,26)(H,22,23,24). The van der Waals surface area contributed by atoms with Crippen LogP contribution in [0.4, 0.5) is 11.6 Å². The van der Waals surface area contributed by atoms with Crippen LogP contribution in [-0.2, 0) is 6.42 Å². The highest BCUT2D eigenvalue weighted by Crippen LogP contribution is 2.16. The molecule has 0 aliphatic carbocycles. The topological polar surface area (TPSA) is 76.1 Å². The van der Waals surface area contributed by atoms with Gasteiger partial charge in [-0.05, 0) is 48.4 Å². The molecular formula is C20H19ClN4O2. The van der Waals surface area contributed by atoms with Crippen LogP contribution in [0.15, 0.2) is 60.9 Å². The van der Waals surface area contributed by atoms with Gasteiger partial charge in [0, 0.05) is 29.6 Å². The molecule has 0 fully saturated rings. The van der Waals surface area contributed by atoms with E-state index in [0.717, 1.165) is 17.2 Å². The van der Waals surface area contributed by atoms with Crippen molar-refractivity contribution in [3.05, 3.63) is 77.1 Å². The maximum absolute atomic E-state index is 12.3. The van der Waals surface area contributed by atoms with Gasteiger partial charge in [0.1, 0.15) is 5.75 Å². The van der Waals surface area contributed by atoms with Gasteiger partial charge >= 0.3 is 0 Å². The molecule has 2 aromatic carbocycles. The van der Waals surface area contributed by atoms with Gasteiger partial charge in [0.25, 0.3) is 5.91 Å². The fraction of sp³-hybridized carbons (Fsp3) is 0.150. The van der Waals surface area contributed by atoms with Crippen LogP contribution >= 0.6 is 11.6 Å². The number of ether oxygens (including phenoxy) is 1. The molecule has 1 aromatic heterocycles. The average Bonchev–Trinajstić information content (AvgIpc) is 2.70. The van der Waals surface area contributed by atoms with Crippen LogP contribution < -0.4 is 15.4 Å². The van der Waals surface area contributed by atoms with Gasteiger partial charge in [-0.15, -0.1) is 0 Å². The highest BCUT2D eigenvalue weighted by molar-refractivity contribution is 6.30. The van der Waals surface area contributed by atoms with Crippen molar-refractivity contribution in [1.82, 2.24) is 9.97 Å². The normalized spacial score (nSPS) is 10.3. The smallest absolute Gasteiger partial charge is 0.258 e. The lowest BCUT2D eigenvalue weighted by molar-refractivity contribution is 0.102. The number of aromatic nitrogens is 2. The minimum atomic E-state index is -0.270. The zero-order valence-corrected chi connectivity index (χ0v) is 15.5. The molecule has 3 aromatic rings. The third-order valence-corrected chi connectivity index (χ3v) is 4.12. The quantitative estimate of drug-likeness (QED) is 0.644. The molecule has 0 aliphatic rings. The van der Waals surface area contributed by atoms with E-state index in [1.54, 1.807) is 31.4 Å². The van der Waals surface area contributed by atoms with E-state index in [4.69, 9.17) is 16.3 Å². The second-order valence-corrected chi connectivity index (χ2v) is 6.22. The summed E-state index contributed by atoms with van der Waals surface area (Å²) >= 11 is 5.87. The summed E-state index contributed by atoms with van der Waals surface area (Å²) in [4.78, 5) is 20.6. The van der Waals surface area contributed by atoms with Crippen LogP contribution in [0.5, 0.6) is 5.75 Å². The zero-order chi connectivity index (χ0) is 19.1.